The molecule has 30 heavy (non-hydrogen) atoms. The van der Waals surface area contributed by atoms with Gasteiger partial charge >= 0.3 is 12.1 Å². The smallest absolute Gasteiger partial charge is 0.409 e. The van der Waals surface area contributed by atoms with E-state index in [4.69, 9.17) is 4.74 Å². The molecule has 0 aliphatic carbocycles. The second kappa shape index (κ2) is 10.1. The summed E-state index contributed by atoms with van der Waals surface area (Å²) in [6.07, 6.45) is 1.37. The third kappa shape index (κ3) is 5.93. The van der Waals surface area contributed by atoms with Gasteiger partial charge in [-0.1, -0.05) is 18.2 Å². The van der Waals surface area contributed by atoms with Crippen LogP contribution in [0, 0.1) is 13.8 Å². The third-order valence-electron chi connectivity index (χ3n) is 5.23. The number of ether oxygens (including phenoxy) is 1. The molecule has 0 saturated carbocycles. The van der Waals surface area contributed by atoms with Crippen molar-refractivity contribution >= 4 is 17.8 Å². The van der Waals surface area contributed by atoms with Gasteiger partial charge in [0.2, 0.25) is 0 Å². The summed E-state index contributed by atoms with van der Waals surface area (Å²) in [5.74, 6) is 0. The topological polar surface area (TPSA) is 86.8 Å². The number of aryl methyl sites for hydroxylation is 2. The molecule has 2 aromatic rings. The zero-order valence-electron chi connectivity index (χ0n) is 17.8. The van der Waals surface area contributed by atoms with Gasteiger partial charge in [0.15, 0.2) is 0 Å². The van der Waals surface area contributed by atoms with Crippen LogP contribution in [0.3, 0.4) is 0 Å². The summed E-state index contributed by atoms with van der Waals surface area (Å²) in [5.41, 5.74) is 5.04. The first-order valence-corrected chi connectivity index (χ1v) is 10.1. The fourth-order valence-electron chi connectivity index (χ4n) is 3.36. The average molecular weight is 412 g/mol. The normalized spacial score (nSPS) is 14.3. The predicted molar refractivity (Wildman–Crippen MR) is 115 cm³/mol. The molecule has 0 atom stereocenters. The number of hydrogen-bond donors (Lipinski definition) is 2. The Balaban J connectivity index is 1.51. The van der Waals surface area contributed by atoms with Crippen molar-refractivity contribution in [1.29, 1.82) is 0 Å². The van der Waals surface area contributed by atoms with Crippen molar-refractivity contribution in [2.45, 2.75) is 26.9 Å². The van der Waals surface area contributed by atoms with E-state index in [1.807, 2.05) is 25.1 Å². The van der Waals surface area contributed by atoms with Crippen LogP contribution >= 0.6 is 0 Å². The lowest BCUT2D eigenvalue weighted by atomic mass is 10.0. The molecule has 2 heterocycles. The summed E-state index contributed by atoms with van der Waals surface area (Å²) in [5, 5.41) is 5.67. The van der Waals surface area contributed by atoms with Crippen LogP contribution in [-0.2, 0) is 17.8 Å². The molecule has 1 aromatic heterocycles. The van der Waals surface area contributed by atoms with E-state index in [1.54, 1.807) is 11.1 Å². The largest absolute Gasteiger partial charge is 0.453 e. The minimum atomic E-state index is -0.265. The molecule has 0 bridgehead atoms. The third-order valence-corrected chi connectivity index (χ3v) is 5.23. The predicted octanol–water partition coefficient (Wildman–Crippen LogP) is 2.90. The lowest BCUT2D eigenvalue weighted by Gasteiger charge is -2.34. The number of nitrogens with zero attached hydrogens (tertiary/aromatic N) is 3. The van der Waals surface area contributed by atoms with Gasteiger partial charge in [0.1, 0.15) is 0 Å². The van der Waals surface area contributed by atoms with Crippen molar-refractivity contribution in [2.75, 3.05) is 38.6 Å². The number of amides is 3. The zero-order chi connectivity index (χ0) is 21.5. The Kier molecular flexibility index (Phi) is 7.24. The molecule has 160 valence electrons. The SMILES string of the molecule is COC(=O)N1CCN(Cc2cc(CNC(=O)Nc3ccc(C)nc3)ccc2C)CC1. The number of piperazine rings is 1. The number of rotatable bonds is 5. The van der Waals surface area contributed by atoms with Gasteiger partial charge in [-0.2, -0.15) is 0 Å². The van der Waals surface area contributed by atoms with E-state index in [0.717, 1.165) is 30.9 Å². The second-order valence-corrected chi connectivity index (χ2v) is 7.49. The van der Waals surface area contributed by atoms with Crippen LogP contribution in [0.4, 0.5) is 15.3 Å². The maximum absolute atomic E-state index is 12.1. The summed E-state index contributed by atoms with van der Waals surface area (Å²) in [4.78, 5) is 32.0. The van der Waals surface area contributed by atoms with Gasteiger partial charge in [0.05, 0.1) is 19.0 Å². The summed E-state index contributed by atoms with van der Waals surface area (Å²) in [6, 6.07) is 9.66. The monoisotopic (exact) mass is 411 g/mol. The van der Waals surface area contributed by atoms with E-state index in [1.165, 1.54) is 18.2 Å². The van der Waals surface area contributed by atoms with Gasteiger partial charge in [-0.25, -0.2) is 9.59 Å². The Morgan fingerprint density at radius 2 is 1.87 bits per heavy atom. The van der Waals surface area contributed by atoms with E-state index in [9.17, 15) is 9.59 Å². The number of pyridine rings is 1. The van der Waals surface area contributed by atoms with Gasteiger partial charge in [0, 0.05) is 45.0 Å². The second-order valence-electron chi connectivity index (χ2n) is 7.49. The Morgan fingerprint density at radius 1 is 1.10 bits per heavy atom. The van der Waals surface area contributed by atoms with E-state index >= 15 is 0 Å². The molecule has 1 saturated heterocycles. The van der Waals surface area contributed by atoms with Crippen molar-refractivity contribution in [3.63, 3.8) is 0 Å². The molecule has 8 nitrogen and oxygen atoms in total. The van der Waals surface area contributed by atoms with E-state index < -0.39 is 0 Å². The lowest BCUT2D eigenvalue weighted by molar-refractivity contribution is 0.0888. The van der Waals surface area contributed by atoms with E-state index in [2.05, 4.69) is 39.6 Å². The highest BCUT2D eigenvalue weighted by Gasteiger charge is 2.21. The van der Waals surface area contributed by atoms with Gasteiger partial charge in [0.25, 0.3) is 0 Å². The molecule has 0 unspecified atom stereocenters. The molecule has 0 radical (unpaired) electrons. The number of benzene rings is 1. The maximum atomic E-state index is 12.1. The van der Waals surface area contributed by atoms with Crippen LogP contribution in [0.5, 0.6) is 0 Å². The number of hydrogen-bond acceptors (Lipinski definition) is 5. The van der Waals surface area contributed by atoms with Gasteiger partial charge in [-0.05, 0) is 42.7 Å². The highest BCUT2D eigenvalue weighted by Crippen LogP contribution is 2.16. The van der Waals surface area contributed by atoms with Crippen LogP contribution in [0.25, 0.3) is 0 Å². The minimum absolute atomic E-state index is 0.262. The number of carbonyl (C=O) groups excluding carboxylic acids is 2. The number of aromatic nitrogens is 1. The molecule has 8 heteroatoms. The standard InChI is InChI=1S/C22H29N5O3/c1-16-4-6-18(13-24-21(28)25-20-7-5-17(2)23-14-20)12-19(16)15-26-8-10-27(11-9-26)22(29)30-3/h4-7,12,14H,8-11,13,15H2,1-3H3,(H2,24,25,28). The highest BCUT2D eigenvalue weighted by atomic mass is 16.5. The van der Waals surface area contributed by atoms with Crippen LogP contribution in [0.15, 0.2) is 36.5 Å². The first-order chi connectivity index (χ1) is 14.4. The van der Waals surface area contributed by atoms with E-state index in [0.29, 0.717) is 25.3 Å². The van der Waals surface area contributed by atoms with Crippen LogP contribution in [0.2, 0.25) is 0 Å². The van der Waals surface area contributed by atoms with Crippen LogP contribution in [0.1, 0.15) is 22.4 Å². The number of carbonyl (C=O) groups is 2. The summed E-state index contributed by atoms with van der Waals surface area (Å²) < 4.78 is 4.79. The number of methoxy groups -OCH3 is 1. The van der Waals surface area contributed by atoms with Crippen molar-refractivity contribution in [3.05, 3.63) is 58.9 Å². The molecule has 1 aliphatic heterocycles. The van der Waals surface area contributed by atoms with Crippen LogP contribution < -0.4 is 10.6 Å². The summed E-state index contributed by atoms with van der Waals surface area (Å²) in [6.45, 7) is 8.20. The Labute approximate surface area is 177 Å². The molecular weight excluding hydrogens is 382 g/mol. The Bertz CT molecular complexity index is 877. The molecule has 2 N–H and O–H groups in total. The molecule has 1 fully saturated rings. The van der Waals surface area contributed by atoms with Crippen molar-refractivity contribution in [1.82, 2.24) is 20.1 Å². The van der Waals surface area contributed by atoms with Crippen molar-refractivity contribution in [2.24, 2.45) is 0 Å². The van der Waals surface area contributed by atoms with Crippen molar-refractivity contribution < 1.29 is 14.3 Å². The molecule has 1 aliphatic rings. The Morgan fingerprint density at radius 3 is 2.53 bits per heavy atom. The van der Waals surface area contributed by atoms with Gasteiger partial charge < -0.3 is 20.3 Å². The lowest BCUT2D eigenvalue weighted by Crippen LogP contribution is -2.48. The summed E-state index contributed by atoms with van der Waals surface area (Å²) >= 11 is 0. The fourth-order valence-corrected chi connectivity index (χ4v) is 3.36. The number of urea groups is 1. The minimum Gasteiger partial charge on any atom is -0.453 e. The number of nitrogens with one attached hydrogen (secondary N) is 2. The fraction of sp³-hybridized carbons (Fsp3) is 0.409. The molecule has 3 rings (SSSR count). The quantitative estimate of drug-likeness (QED) is 0.790. The van der Waals surface area contributed by atoms with E-state index in [-0.39, 0.29) is 12.1 Å². The highest BCUT2D eigenvalue weighted by molar-refractivity contribution is 5.88. The first kappa shape index (κ1) is 21.6. The number of anilines is 1. The molecular formula is C22H29N5O3. The summed E-state index contributed by atoms with van der Waals surface area (Å²) in [7, 11) is 1.41. The average Bonchev–Trinajstić information content (AvgIpc) is 2.76. The molecule has 0 spiro atoms. The Hall–Kier alpha value is -3.13. The maximum Gasteiger partial charge on any atom is 0.409 e. The van der Waals surface area contributed by atoms with Crippen molar-refractivity contribution in [3.8, 4) is 0 Å². The molecule has 1 aromatic carbocycles. The molecule has 3 amide bonds. The zero-order valence-corrected chi connectivity index (χ0v) is 17.8. The van der Waals surface area contributed by atoms with Gasteiger partial charge in [-0.3, -0.25) is 9.88 Å². The van der Waals surface area contributed by atoms with Crippen LogP contribution in [-0.4, -0.2) is 60.2 Å². The van der Waals surface area contributed by atoms with Gasteiger partial charge in [-0.15, -0.1) is 0 Å². The first-order valence-electron chi connectivity index (χ1n) is 10.1.